The van der Waals surface area contributed by atoms with Gasteiger partial charge in [0.05, 0.1) is 24.0 Å². The van der Waals surface area contributed by atoms with Crippen molar-refractivity contribution in [1.29, 1.82) is 0 Å². The highest BCUT2D eigenvalue weighted by Crippen LogP contribution is 2.28. The molecule has 2 heterocycles. The zero-order valence-corrected chi connectivity index (χ0v) is 9.03. The Morgan fingerprint density at radius 1 is 1.60 bits per heavy atom. The SMILES string of the molecule is CC1OCCC1(C)Nc1cncc(N)n1. The van der Waals surface area contributed by atoms with Crippen LogP contribution in [0.25, 0.3) is 0 Å². The Labute approximate surface area is 89.1 Å². The molecule has 0 saturated carbocycles. The lowest BCUT2D eigenvalue weighted by molar-refractivity contribution is 0.105. The Kier molecular flexibility index (Phi) is 2.48. The van der Waals surface area contributed by atoms with Crippen LogP contribution in [0.2, 0.25) is 0 Å². The van der Waals surface area contributed by atoms with E-state index < -0.39 is 0 Å². The molecule has 1 fully saturated rings. The first-order chi connectivity index (χ1) is 7.10. The van der Waals surface area contributed by atoms with Crippen LogP contribution in [-0.2, 0) is 4.74 Å². The summed E-state index contributed by atoms with van der Waals surface area (Å²) in [6, 6.07) is 0. The molecule has 82 valence electrons. The normalized spacial score (nSPS) is 30.4. The summed E-state index contributed by atoms with van der Waals surface area (Å²) in [4.78, 5) is 8.16. The Balaban J connectivity index is 2.14. The van der Waals surface area contributed by atoms with E-state index in [9.17, 15) is 0 Å². The predicted octanol–water partition coefficient (Wildman–Crippen LogP) is 1.04. The van der Waals surface area contributed by atoms with E-state index in [2.05, 4.69) is 29.1 Å². The highest BCUT2D eigenvalue weighted by molar-refractivity contribution is 5.41. The van der Waals surface area contributed by atoms with Crippen LogP contribution < -0.4 is 11.1 Å². The van der Waals surface area contributed by atoms with Crippen LogP contribution in [0.5, 0.6) is 0 Å². The van der Waals surface area contributed by atoms with Gasteiger partial charge in [-0.2, -0.15) is 0 Å². The predicted molar refractivity (Wildman–Crippen MR) is 58.5 cm³/mol. The summed E-state index contributed by atoms with van der Waals surface area (Å²) in [5.74, 6) is 1.13. The maximum absolute atomic E-state index is 5.57. The van der Waals surface area contributed by atoms with Gasteiger partial charge in [0.15, 0.2) is 0 Å². The average Bonchev–Trinajstić information content (AvgIpc) is 2.47. The Hall–Kier alpha value is -1.36. The summed E-state index contributed by atoms with van der Waals surface area (Å²) in [5, 5.41) is 3.33. The van der Waals surface area contributed by atoms with Crippen molar-refractivity contribution >= 4 is 11.6 Å². The van der Waals surface area contributed by atoms with Crippen LogP contribution >= 0.6 is 0 Å². The molecule has 2 unspecified atom stereocenters. The molecule has 3 N–H and O–H groups in total. The third-order valence-corrected chi connectivity index (χ3v) is 2.95. The number of ether oxygens (including phenoxy) is 1. The number of nitrogens with two attached hydrogens (primary N) is 1. The maximum atomic E-state index is 5.57. The summed E-state index contributed by atoms with van der Waals surface area (Å²) in [5.41, 5.74) is 5.48. The first-order valence-corrected chi connectivity index (χ1v) is 5.07. The molecule has 5 nitrogen and oxygen atoms in total. The number of nitrogen functional groups attached to an aromatic ring is 1. The fraction of sp³-hybridized carbons (Fsp3) is 0.600. The molecule has 1 aliphatic rings. The van der Waals surface area contributed by atoms with Crippen molar-refractivity contribution < 1.29 is 4.74 Å². The first kappa shape index (κ1) is 10.2. The summed E-state index contributed by atoms with van der Waals surface area (Å²) in [7, 11) is 0. The van der Waals surface area contributed by atoms with E-state index in [-0.39, 0.29) is 11.6 Å². The number of nitrogens with one attached hydrogen (secondary N) is 1. The maximum Gasteiger partial charge on any atom is 0.147 e. The zero-order valence-electron chi connectivity index (χ0n) is 9.03. The van der Waals surface area contributed by atoms with E-state index in [4.69, 9.17) is 10.5 Å². The van der Waals surface area contributed by atoms with Crippen molar-refractivity contribution in [1.82, 2.24) is 9.97 Å². The Bertz CT molecular complexity index is 357. The van der Waals surface area contributed by atoms with Crippen molar-refractivity contribution in [2.24, 2.45) is 0 Å². The quantitative estimate of drug-likeness (QED) is 0.759. The number of nitrogens with zero attached hydrogens (tertiary/aromatic N) is 2. The van der Waals surface area contributed by atoms with E-state index in [1.54, 1.807) is 6.20 Å². The molecule has 1 aliphatic heterocycles. The number of hydrogen-bond acceptors (Lipinski definition) is 5. The van der Waals surface area contributed by atoms with Gasteiger partial charge in [0.2, 0.25) is 0 Å². The van der Waals surface area contributed by atoms with Crippen LogP contribution in [0.3, 0.4) is 0 Å². The third-order valence-electron chi connectivity index (χ3n) is 2.95. The summed E-state index contributed by atoms with van der Waals surface area (Å²) < 4.78 is 5.53. The molecule has 2 atom stereocenters. The topological polar surface area (TPSA) is 73.1 Å². The fourth-order valence-electron chi connectivity index (χ4n) is 1.73. The lowest BCUT2D eigenvalue weighted by atomic mass is 9.95. The summed E-state index contributed by atoms with van der Waals surface area (Å²) in [6.07, 6.45) is 4.33. The average molecular weight is 208 g/mol. The third kappa shape index (κ3) is 2.02. The molecule has 0 amide bonds. The number of aromatic nitrogens is 2. The van der Waals surface area contributed by atoms with Crippen LogP contribution in [0, 0.1) is 0 Å². The molecule has 1 aromatic heterocycles. The minimum atomic E-state index is -0.0809. The van der Waals surface area contributed by atoms with Crippen LogP contribution in [0.1, 0.15) is 20.3 Å². The molecule has 0 bridgehead atoms. The fourth-order valence-corrected chi connectivity index (χ4v) is 1.73. The largest absolute Gasteiger partial charge is 0.382 e. The Morgan fingerprint density at radius 3 is 3.00 bits per heavy atom. The van der Waals surface area contributed by atoms with Gasteiger partial charge in [0.25, 0.3) is 0 Å². The van der Waals surface area contributed by atoms with Gasteiger partial charge < -0.3 is 15.8 Å². The van der Waals surface area contributed by atoms with Gasteiger partial charge >= 0.3 is 0 Å². The van der Waals surface area contributed by atoms with E-state index in [0.29, 0.717) is 11.6 Å². The molecule has 5 heteroatoms. The van der Waals surface area contributed by atoms with E-state index in [1.807, 2.05) is 0 Å². The summed E-state index contributed by atoms with van der Waals surface area (Å²) in [6.45, 7) is 4.95. The van der Waals surface area contributed by atoms with Crippen LogP contribution in [0.4, 0.5) is 11.6 Å². The molecular weight excluding hydrogens is 192 g/mol. The van der Waals surface area contributed by atoms with E-state index in [0.717, 1.165) is 13.0 Å². The van der Waals surface area contributed by atoms with Crippen LogP contribution in [-0.4, -0.2) is 28.2 Å². The van der Waals surface area contributed by atoms with Gasteiger partial charge in [0, 0.05) is 6.61 Å². The zero-order chi connectivity index (χ0) is 10.9. The van der Waals surface area contributed by atoms with Gasteiger partial charge in [-0.1, -0.05) is 0 Å². The summed E-state index contributed by atoms with van der Waals surface area (Å²) >= 11 is 0. The highest BCUT2D eigenvalue weighted by atomic mass is 16.5. The molecule has 15 heavy (non-hydrogen) atoms. The first-order valence-electron chi connectivity index (χ1n) is 5.07. The molecule has 1 aromatic rings. The van der Waals surface area contributed by atoms with Gasteiger partial charge in [-0.05, 0) is 20.3 Å². The highest BCUT2D eigenvalue weighted by Gasteiger charge is 2.37. The van der Waals surface area contributed by atoms with E-state index >= 15 is 0 Å². The van der Waals surface area contributed by atoms with E-state index in [1.165, 1.54) is 6.20 Å². The van der Waals surface area contributed by atoms with Crippen molar-refractivity contribution in [2.75, 3.05) is 17.7 Å². The minimum Gasteiger partial charge on any atom is -0.382 e. The molecule has 0 spiro atoms. The molecular formula is C10H16N4O. The van der Waals surface area contributed by atoms with Crippen molar-refractivity contribution in [3.05, 3.63) is 12.4 Å². The molecule has 2 rings (SSSR count). The van der Waals surface area contributed by atoms with Crippen LogP contribution in [0.15, 0.2) is 12.4 Å². The van der Waals surface area contributed by atoms with Gasteiger partial charge in [-0.25, -0.2) is 4.98 Å². The van der Waals surface area contributed by atoms with Gasteiger partial charge in [-0.15, -0.1) is 0 Å². The number of rotatable bonds is 2. The van der Waals surface area contributed by atoms with Crippen molar-refractivity contribution in [2.45, 2.75) is 31.9 Å². The minimum absolute atomic E-state index is 0.0809. The second kappa shape index (κ2) is 3.66. The van der Waals surface area contributed by atoms with Gasteiger partial charge in [0.1, 0.15) is 11.6 Å². The Morgan fingerprint density at radius 2 is 2.40 bits per heavy atom. The lowest BCUT2D eigenvalue weighted by Crippen LogP contribution is -2.41. The smallest absolute Gasteiger partial charge is 0.147 e. The number of hydrogen-bond donors (Lipinski definition) is 2. The second-order valence-electron chi connectivity index (χ2n) is 4.13. The van der Waals surface area contributed by atoms with Crippen molar-refractivity contribution in [3.8, 4) is 0 Å². The lowest BCUT2D eigenvalue weighted by Gasteiger charge is -2.29. The molecule has 0 aliphatic carbocycles. The molecule has 0 aromatic carbocycles. The second-order valence-corrected chi connectivity index (χ2v) is 4.13. The van der Waals surface area contributed by atoms with Crippen molar-refractivity contribution in [3.63, 3.8) is 0 Å². The van der Waals surface area contributed by atoms with Gasteiger partial charge in [-0.3, -0.25) is 4.98 Å². The monoisotopic (exact) mass is 208 g/mol. The standard InChI is InChI=1S/C10H16N4O/c1-7-10(2,3-4-15-7)14-9-6-12-5-8(11)13-9/h5-7H,3-4H2,1-2H3,(H3,11,13,14). The number of anilines is 2. The molecule has 1 saturated heterocycles. The molecule has 0 radical (unpaired) electrons.